The van der Waals surface area contributed by atoms with Crippen molar-refractivity contribution in [1.82, 2.24) is 25.8 Å². The molecule has 8 atom stereocenters. The Morgan fingerprint density at radius 1 is 0.477 bits per heavy atom. The quantitative estimate of drug-likeness (QED) is 0.0697. The van der Waals surface area contributed by atoms with Crippen LogP contribution < -0.4 is 31.2 Å². The number of aryl methyl sites for hydroxylation is 2. The summed E-state index contributed by atoms with van der Waals surface area (Å²) in [6, 6.07) is 56.8. The van der Waals surface area contributed by atoms with Gasteiger partial charge in [0.05, 0.1) is 48.1 Å². The number of amides is 5. The van der Waals surface area contributed by atoms with Crippen LogP contribution in [0.3, 0.4) is 0 Å². The number of hydrogen-bond acceptors (Lipinski definition) is 13. The van der Waals surface area contributed by atoms with E-state index in [0.29, 0.717) is 47.2 Å². The number of Topliss-reactive ketones (excluding diaryl/α,β-unsaturated/α-hetero) is 4. The Labute approximate surface area is 627 Å². The lowest BCUT2D eigenvalue weighted by Crippen LogP contribution is -2.48. The van der Waals surface area contributed by atoms with Gasteiger partial charge in [-0.15, -0.1) is 0 Å². The van der Waals surface area contributed by atoms with Gasteiger partial charge in [0.15, 0.2) is 23.1 Å². The van der Waals surface area contributed by atoms with Crippen molar-refractivity contribution in [3.8, 4) is 23.0 Å². The van der Waals surface area contributed by atoms with Crippen LogP contribution in [0.15, 0.2) is 206 Å². The van der Waals surface area contributed by atoms with E-state index in [9.17, 15) is 56.7 Å². The van der Waals surface area contributed by atoms with E-state index in [2.05, 4.69) is 27.6 Å². The summed E-state index contributed by atoms with van der Waals surface area (Å²) >= 11 is 4.64. The minimum atomic E-state index is -1.13. The first kappa shape index (κ1) is 78.8. The molecule has 0 saturated carbocycles. The van der Waals surface area contributed by atoms with Gasteiger partial charge in [0, 0.05) is 65.5 Å². The van der Waals surface area contributed by atoms with Gasteiger partial charge in [0.2, 0.25) is 34.8 Å². The number of nitrogens with zero attached hydrogens (tertiary/aromatic N) is 2. The van der Waals surface area contributed by atoms with Crippen molar-refractivity contribution in [2.75, 3.05) is 13.1 Å². The number of rotatable bonds is 15. The number of nitrogens with one attached hydrogen (secondary N) is 3. The second kappa shape index (κ2) is 38.4. The molecule has 107 heavy (non-hydrogen) atoms. The third-order valence-electron chi connectivity index (χ3n) is 19.7. The molecule has 2 fully saturated rings. The lowest BCUT2D eigenvalue weighted by molar-refractivity contribution is -0.139. The third kappa shape index (κ3) is 23.1. The van der Waals surface area contributed by atoms with Crippen LogP contribution in [0.4, 0.5) is 8.78 Å². The summed E-state index contributed by atoms with van der Waals surface area (Å²) in [5.74, 6) is -4.21. The Bertz CT molecular complexity index is 4450. The normalized spacial score (nSPS) is 20.4. The number of hydrogen-bond donors (Lipinski definition) is 4. The maximum absolute atomic E-state index is 14.5. The van der Waals surface area contributed by atoms with Crippen LogP contribution in [-0.2, 0) is 86.5 Å². The van der Waals surface area contributed by atoms with Crippen LogP contribution in [0.5, 0.6) is 23.0 Å². The van der Waals surface area contributed by atoms with E-state index < -0.39 is 71.1 Å². The molecule has 6 aliphatic rings. The fourth-order valence-electron chi connectivity index (χ4n) is 14.2. The van der Waals surface area contributed by atoms with E-state index in [1.807, 2.05) is 115 Å². The van der Waals surface area contributed by atoms with Crippen LogP contribution in [-0.4, -0.2) is 105 Å². The summed E-state index contributed by atoms with van der Waals surface area (Å²) in [4.78, 5) is 137. The summed E-state index contributed by atoms with van der Waals surface area (Å²) < 4.78 is 41.0. The van der Waals surface area contributed by atoms with Crippen molar-refractivity contribution in [3.05, 3.63) is 262 Å². The molecular weight excluding hydrogens is 1380 g/mol. The largest absolute Gasteiger partial charge is 0.457 e. The standard InChI is InChI=1S/C43H44FN3O6.C41H42FN3O5.C2H3ClO/c1-28(48)45-38-25-30-9-7-13-35(23-30)53-34-19-16-29(17-20-34)24-37(40(49)21-18-31-10-5-6-14-36(31)44)46-43(52)33(26-41(38)50)27-42(51)47-22-8-15-39(47)32-11-3-2-4-12-32;42-34-13-5-4-9-29(34)17-20-38(46)36-24-27-15-18-32(19-16-27)50-33-12-6-8-28(22-33)23-35(43)39(47)25-31(41(49)44-36)26-40(48)45-21-7-14-37(45)30-10-2-1-3-11-30;1-2(3)4/h2-7,9-14,16-17,19-20,23,33,37-39H,8,15,18,21-22,24-27H2,1H3,(H,45,48)(H,46,52);1-6,8-13,15-16,18-19,22,31,35-37H,7,14,17,20-21,23-26,43H2,(H,44,49);1H3/t33?,37?,38?,39-;31?,35?,36?,37-;/m11./s1. The first-order valence-corrected chi connectivity index (χ1v) is 36.7. The van der Waals surface area contributed by atoms with E-state index in [1.165, 1.54) is 26.0 Å². The number of carbonyl (C=O) groups is 10. The fraction of sp³-hybridized carbons (Fsp3) is 0.326. The van der Waals surface area contributed by atoms with Gasteiger partial charge in [0.25, 0.3) is 0 Å². The maximum Gasteiger partial charge on any atom is 0.224 e. The molecule has 6 heterocycles. The number of carbonyl (C=O) groups excluding carboxylic acids is 10. The van der Waals surface area contributed by atoms with E-state index in [0.717, 1.165) is 59.1 Å². The van der Waals surface area contributed by atoms with Gasteiger partial charge in [-0.25, -0.2) is 8.78 Å². The van der Waals surface area contributed by atoms with Crippen molar-refractivity contribution in [3.63, 3.8) is 0 Å². The summed E-state index contributed by atoms with van der Waals surface area (Å²) in [6.45, 7) is 3.68. The van der Waals surface area contributed by atoms with E-state index in [1.54, 1.807) is 88.7 Å². The van der Waals surface area contributed by atoms with Gasteiger partial charge in [-0.2, -0.15) is 0 Å². The van der Waals surface area contributed by atoms with Crippen LogP contribution >= 0.6 is 11.6 Å². The molecule has 0 aromatic heterocycles. The molecule has 0 aliphatic carbocycles. The molecule has 5 amide bonds. The zero-order valence-corrected chi connectivity index (χ0v) is 60.7. The zero-order chi connectivity index (χ0) is 75.9. The number of ketones is 4. The van der Waals surface area contributed by atoms with Crippen LogP contribution in [0.1, 0.15) is 135 Å². The molecule has 6 aliphatic heterocycles. The lowest BCUT2D eigenvalue weighted by atomic mass is 9.90. The number of ether oxygens (including phenoxy) is 2. The van der Waals surface area contributed by atoms with E-state index in [4.69, 9.17) is 15.2 Å². The van der Waals surface area contributed by atoms with Gasteiger partial charge in [-0.3, -0.25) is 47.9 Å². The molecule has 2 saturated heterocycles. The highest BCUT2D eigenvalue weighted by molar-refractivity contribution is 6.62. The molecule has 0 radical (unpaired) electrons. The highest BCUT2D eigenvalue weighted by Gasteiger charge is 2.39. The van der Waals surface area contributed by atoms with Gasteiger partial charge >= 0.3 is 0 Å². The first-order chi connectivity index (χ1) is 51.6. The maximum atomic E-state index is 14.5. The SMILES string of the molecule is CC(=O)Cl.CC(=O)NC1Cc2cccc(c2)Oc2ccc(cc2)CC(C(=O)CCc2ccccc2F)NC(=O)C(CC(=O)N2CCC[C@@H]2c2ccccc2)CC1=O.NC1Cc2cccc(c2)Oc2ccc(cc2)CC(C(=O)CCc2ccccc2F)NC(=O)C(CC(=O)N2CCC[C@@H]2c2ccccc2)CC1=O. The minimum Gasteiger partial charge on any atom is -0.457 e. The monoisotopic (exact) mass is 1470 g/mol. The van der Waals surface area contributed by atoms with E-state index in [-0.39, 0.29) is 124 Å². The van der Waals surface area contributed by atoms with Crippen molar-refractivity contribution in [2.24, 2.45) is 17.6 Å². The zero-order valence-electron chi connectivity index (χ0n) is 60.0. The molecule has 18 nitrogen and oxygen atoms in total. The molecule has 14 rings (SSSR count). The molecule has 6 unspecified atom stereocenters. The van der Waals surface area contributed by atoms with Crippen molar-refractivity contribution in [2.45, 2.75) is 153 Å². The molecule has 21 heteroatoms. The highest BCUT2D eigenvalue weighted by Crippen LogP contribution is 2.36. The Morgan fingerprint density at radius 3 is 1.30 bits per heavy atom. The van der Waals surface area contributed by atoms with Crippen LogP contribution in [0.25, 0.3) is 0 Å². The molecule has 8 bridgehead atoms. The van der Waals surface area contributed by atoms with E-state index >= 15 is 0 Å². The van der Waals surface area contributed by atoms with Gasteiger partial charge < -0.3 is 41.0 Å². The Morgan fingerprint density at radius 2 is 0.879 bits per heavy atom. The van der Waals surface area contributed by atoms with Gasteiger partial charge in [0.1, 0.15) is 34.6 Å². The lowest BCUT2D eigenvalue weighted by Gasteiger charge is -2.28. The van der Waals surface area contributed by atoms with Gasteiger partial charge in [-0.1, -0.05) is 146 Å². The summed E-state index contributed by atoms with van der Waals surface area (Å²) in [5.41, 5.74) is 12.3. The second-order valence-electron chi connectivity index (χ2n) is 27.6. The van der Waals surface area contributed by atoms with Gasteiger partial charge in [-0.05, 0) is 181 Å². The molecule has 8 aromatic carbocycles. The molecular formula is C86H89ClF2N6O12. The van der Waals surface area contributed by atoms with Crippen molar-refractivity contribution >= 4 is 69.5 Å². The Balaban J connectivity index is 0.000000218. The molecule has 0 spiro atoms. The third-order valence-corrected chi connectivity index (χ3v) is 19.7. The fourth-order valence-corrected chi connectivity index (χ4v) is 14.2. The van der Waals surface area contributed by atoms with Crippen LogP contribution in [0.2, 0.25) is 0 Å². The van der Waals surface area contributed by atoms with Crippen molar-refractivity contribution < 1.29 is 66.2 Å². The van der Waals surface area contributed by atoms with Crippen LogP contribution in [0, 0.1) is 23.5 Å². The number of likely N-dealkylation sites (tertiary alicyclic amines) is 2. The predicted molar refractivity (Wildman–Crippen MR) is 402 cm³/mol. The first-order valence-electron chi connectivity index (χ1n) is 36.4. The number of halogens is 3. The summed E-state index contributed by atoms with van der Waals surface area (Å²) in [7, 11) is 0. The molecule has 5 N–H and O–H groups in total. The number of fused-ring (bicyclic) bond motifs is 20. The Kier molecular flexibility index (Phi) is 28.3. The molecule has 556 valence electrons. The predicted octanol–water partition coefficient (Wildman–Crippen LogP) is 13.1. The molecule has 8 aromatic rings. The highest BCUT2D eigenvalue weighted by atomic mass is 35.5. The summed E-state index contributed by atoms with van der Waals surface area (Å²) in [5, 5.41) is 8.18. The average molecular weight is 1470 g/mol. The average Bonchev–Trinajstić information content (AvgIpc) is 1.45. The topological polar surface area (TPSA) is 258 Å². The number of benzene rings is 8. The summed E-state index contributed by atoms with van der Waals surface area (Å²) in [6.07, 6.45) is 3.02. The Hall–Kier alpha value is -10.8. The second-order valence-corrected chi connectivity index (χ2v) is 28.2. The van der Waals surface area contributed by atoms with Crippen molar-refractivity contribution in [1.29, 1.82) is 0 Å². The minimum absolute atomic E-state index is 0.0113. The number of nitrogens with two attached hydrogens (primary N) is 1. The smallest absolute Gasteiger partial charge is 0.224 e.